The normalized spacial score (nSPS) is 13.2. The Labute approximate surface area is 110 Å². The van der Waals surface area contributed by atoms with Gasteiger partial charge >= 0.3 is 11.9 Å². The largest absolute Gasteiger partial charge is 0.476 e. The molecule has 0 amide bonds. The van der Waals surface area contributed by atoms with E-state index >= 15 is 0 Å². The van der Waals surface area contributed by atoms with E-state index in [0.29, 0.717) is 4.88 Å². The van der Waals surface area contributed by atoms with E-state index in [1.54, 1.807) is 0 Å². The van der Waals surface area contributed by atoms with Crippen LogP contribution < -0.4 is 0 Å². The van der Waals surface area contributed by atoms with Crippen LogP contribution in [0.2, 0.25) is 0 Å². The molecule has 0 aliphatic rings. The summed E-state index contributed by atoms with van der Waals surface area (Å²) in [7, 11) is 1.25. The van der Waals surface area contributed by atoms with E-state index in [4.69, 9.17) is 5.11 Å². The Kier molecular flexibility index (Phi) is 4.11. The number of hydrogen-bond acceptors (Lipinski definition) is 5. The first-order valence-corrected chi connectivity index (χ1v) is 6.32. The number of aromatic carboxylic acids is 1. The summed E-state index contributed by atoms with van der Waals surface area (Å²) >= 11 is 1.09. The molecule has 1 unspecified atom stereocenters. The molecule has 1 aromatic heterocycles. The van der Waals surface area contributed by atoms with Gasteiger partial charge in [0, 0.05) is 4.88 Å². The zero-order valence-corrected chi connectivity index (χ0v) is 11.9. The molecule has 5 nitrogen and oxygen atoms in total. The van der Waals surface area contributed by atoms with Crippen LogP contribution in [0.15, 0.2) is 0 Å². The van der Waals surface area contributed by atoms with E-state index in [-0.39, 0.29) is 22.0 Å². The van der Waals surface area contributed by atoms with Gasteiger partial charge in [-0.2, -0.15) is 0 Å². The van der Waals surface area contributed by atoms with Crippen LogP contribution in [0.25, 0.3) is 0 Å². The monoisotopic (exact) mass is 271 g/mol. The van der Waals surface area contributed by atoms with Gasteiger partial charge in [0.15, 0.2) is 5.69 Å². The number of carboxylic acid groups (broad SMARTS) is 1. The maximum absolute atomic E-state index is 11.4. The SMILES string of the molecule is COC(=O)c1nc(C(=O)O)c(C(C)C(C)(C)C)s1. The molecule has 1 atom stereocenters. The number of methoxy groups -OCH3 is 1. The zero-order chi connectivity index (χ0) is 14.1. The predicted octanol–water partition coefficient (Wildman–Crippen LogP) is 2.78. The number of thiazole rings is 1. The van der Waals surface area contributed by atoms with E-state index in [1.165, 1.54) is 7.11 Å². The van der Waals surface area contributed by atoms with Gasteiger partial charge < -0.3 is 9.84 Å². The third-order valence-corrected chi connectivity index (χ3v) is 4.13. The number of aromatic nitrogens is 1. The molecule has 0 bridgehead atoms. The van der Waals surface area contributed by atoms with Crippen molar-refractivity contribution in [3.8, 4) is 0 Å². The molecule has 1 aromatic rings. The van der Waals surface area contributed by atoms with E-state index < -0.39 is 11.9 Å². The zero-order valence-electron chi connectivity index (χ0n) is 11.1. The molecular formula is C12H17NO4S. The standard InChI is InChI=1S/C12H17NO4S/c1-6(12(2,3)4)8-7(10(14)15)13-9(18-8)11(16)17-5/h6H,1-5H3,(H,14,15). The second-order valence-corrected chi connectivity index (χ2v) is 6.15. The highest BCUT2D eigenvalue weighted by molar-refractivity contribution is 7.13. The van der Waals surface area contributed by atoms with Crippen LogP contribution in [0.4, 0.5) is 0 Å². The Hall–Kier alpha value is -1.43. The van der Waals surface area contributed by atoms with E-state index in [2.05, 4.69) is 9.72 Å². The van der Waals surface area contributed by atoms with Crippen LogP contribution in [0.5, 0.6) is 0 Å². The van der Waals surface area contributed by atoms with Crippen molar-refractivity contribution in [2.24, 2.45) is 5.41 Å². The van der Waals surface area contributed by atoms with Crippen molar-refractivity contribution in [3.63, 3.8) is 0 Å². The van der Waals surface area contributed by atoms with Gasteiger partial charge in [-0.05, 0) is 11.3 Å². The Morgan fingerprint density at radius 2 is 1.94 bits per heavy atom. The first-order valence-electron chi connectivity index (χ1n) is 5.50. The number of carbonyl (C=O) groups excluding carboxylic acids is 1. The van der Waals surface area contributed by atoms with Gasteiger partial charge in [0.2, 0.25) is 5.01 Å². The number of esters is 1. The summed E-state index contributed by atoms with van der Waals surface area (Å²) in [4.78, 5) is 27.0. The molecule has 0 spiro atoms. The van der Waals surface area contributed by atoms with Crippen LogP contribution in [-0.2, 0) is 4.74 Å². The Morgan fingerprint density at radius 1 is 1.39 bits per heavy atom. The van der Waals surface area contributed by atoms with E-state index in [9.17, 15) is 9.59 Å². The van der Waals surface area contributed by atoms with Crippen molar-refractivity contribution in [2.75, 3.05) is 7.11 Å². The third kappa shape index (κ3) is 2.87. The topological polar surface area (TPSA) is 76.5 Å². The molecule has 0 aromatic carbocycles. The van der Waals surface area contributed by atoms with Crippen molar-refractivity contribution >= 4 is 23.3 Å². The number of carbonyl (C=O) groups is 2. The minimum absolute atomic E-state index is 0.0143. The molecule has 0 fully saturated rings. The van der Waals surface area contributed by atoms with E-state index in [1.807, 2.05) is 27.7 Å². The maximum Gasteiger partial charge on any atom is 0.367 e. The summed E-state index contributed by atoms with van der Waals surface area (Å²) < 4.78 is 4.57. The summed E-state index contributed by atoms with van der Waals surface area (Å²) in [6, 6.07) is 0. The molecule has 100 valence electrons. The minimum atomic E-state index is -1.12. The highest BCUT2D eigenvalue weighted by Crippen LogP contribution is 2.39. The molecule has 0 saturated carbocycles. The summed E-state index contributed by atoms with van der Waals surface area (Å²) in [6.45, 7) is 7.98. The predicted molar refractivity (Wildman–Crippen MR) is 68.3 cm³/mol. The molecule has 0 radical (unpaired) electrons. The van der Waals surface area contributed by atoms with Gasteiger partial charge in [-0.3, -0.25) is 0 Å². The highest BCUT2D eigenvalue weighted by atomic mass is 32.1. The summed E-state index contributed by atoms with van der Waals surface area (Å²) in [5.74, 6) is -1.73. The summed E-state index contributed by atoms with van der Waals surface area (Å²) in [6.07, 6.45) is 0. The van der Waals surface area contributed by atoms with Crippen molar-refractivity contribution in [1.29, 1.82) is 0 Å². The molecular weight excluding hydrogens is 254 g/mol. The number of hydrogen-bond donors (Lipinski definition) is 1. The maximum atomic E-state index is 11.4. The fourth-order valence-electron chi connectivity index (χ4n) is 1.35. The number of carboxylic acids is 1. The van der Waals surface area contributed by atoms with Crippen LogP contribution >= 0.6 is 11.3 Å². The molecule has 0 aliphatic heterocycles. The quantitative estimate of drug-likeness (QED) is 0.855. The lowest BCUT2D eigenvalue weighted by molar-refractivity contribution is 0.0600. The fraction of sp³-hybridized carbons (Fsp3) is 0.583. The van der Waals surface area contributed by atoms with Crippen LogP contribution in [0.3, 0.4) is 0 Å². The molecule has 18 heavy (non-hydrogen) atoms. The average Bonchev–Trinajstić information content (AvgIpc) is 2.70. The first kappa shape index (κ1) is 14.6. The van der Waals surface area contributed by atoms with Crippen molar-refractivity contribution in [1.82, 2.24) is 4.98 Å². The molecule has 0 aliphatic carbocycles. The Bertz CT molecular complexity index is 473. The van der Waals surface area contributed by atoms with Crippen LogP contribution in [0, 0.1) is 5.41 Å². The van der Waals surface area contributed by atoms with Gasteiger partial charge in [0.1, 0.15) is 0 Å². The molecule has 1 rings (SSSR count). The van der Waals surface area contributed by atoms with Gasteiger partial charge in [0.05, 0.1) is 7.11 Å². The lowest BCUT2D eigenvalue weighted by Crippen LogP contribution is -2.16. The summed E-state index contributed by atoms with van der Waals surface area (Å²) in [5, 5.41) is 9.22. The van der Waals surface area contributed by atoms with Crippen LogP contribution in [-0.4, -0.2) is 29.1 Å². The van der Waals surface area contributed by atoms with Gasteiger partial charge in [0.25, 0.3) is 0 Å². The summed E-state index contributed by atoms with van der Waals surface area (Å²) in [5.41, 5.74) is -0.160. The lowest BCUT2D eigenvalue weighted by Gasteiger charge is -2.26. The fourth-order valence-corrected chi connectivity index (χ4v) is 2.62. The van der Waals surface area contributed by atoms with Crippen LogP contribution in [0.1, 0.15) is 58.8 Å². The molecule has 1 N–H and O–H groups in total. The second kappa shape index (κ2) is 5.06. The van der Waals surface area contributed by atoms with Gasteiger partial charge in [-0.1, -0.05) is 27.7 Å². The average molecular weight is 271 g/mol. The van der Waals surface area contributed by atoms with E-state index in [0.717, 1.165) is 11.3 Å². The smallest absolute Gasteiger partial charge is 0.367 e. The van der Waals surface area contributed by atoms with Gasteiger partial charge in [-0.25, -0.2) is 14.6 Å². The highest BCUT2D eigenvalue weighted by Gasteiger charge is 2.30. The number of rotatable bonds is 3. The minimum Gasteiger partial charge on any atom is -0.476 e. The first-order chi connectivity index (χ1) is 8.18. The molecule has 0 saturated heterocycles. The Balaban J connectivity index is 3.29. The van der Waals surface area contributed by atoms with Crippen molar-refractivity contribution < 1.29 is 19.4 Å². The van der Waals surface area contributed by atoms with Crippen molar-refractivity contribution in [3.05, 3.63) is 15.6 Å². The lowest BCUT2D eigenvalue weighted by atomic mass is 9.81. The Morgan fingerprint density at radius 3 is 2.33 bits per heavy atom. The molecule has 6 heteroatoms. The number of ether oxygens (including phenoxy) is 1. The number of nitrogens with zero attached hydrogens (tertiary/aromatic N) is 1. The second-order valence-electron chi connectivity index (χ2n) is 5.12. The van der Waals surface area contributed by atoms with Gasteiger partial charge in [-0.15, -0.1) is 11.3 Å². The third-order valence-electron chi connectivity index (χ3n) is 2.91. The molecule has 1 heterocycles. The van der Waals surface area contributed by atoms with Crippen molar-refractivity contribution in [2.45, 2.75) is 33.6 Å².